The summed E-state index contributed by atoms with van der Waals surface area (Å²) >= 11 is 3.10. The predicted octanol–water partition coefficient (Wildman–Crippen LogP) is 4.20. The number of halogens is 1. The van der Waals surface area contributed by atoms with Crippen LogP contribution in [0.4, 0.5) is 11.6 Å². The van der Waals surface area contributed by atoms with Crippen LogP contribution < -0.4 is 11.5 Å². The summed E-state index contributed by atoms with van der Waals surface area (Å²) in [6.07, 6.45) is 6.37. The van der Waals surface area contributed by atoms with Gasteiger partial charge in [0.25, 0.3) is 0 Å². The molecule has 1 saturated heterocycles. The normalized spacial score (nSPS) is 16.2. The van der Waals surface area contributed by atoms with Gasteiger partial charge in [0.15, 0.2) is 5.82 Å². The molecule has 164 valence electrons. The van der Waals surface area contributed by atoms with Gasteiger partial charge in [-0.25, -0.2) is 15.0 Å². The third-order valence-corrected chi connectivity index (χ3v) is 5.25. The number of hydrogen-bond donors (Lipinski definition) is 2. The van der Waals surface area contributed by atoms with E-state index >= 15 is 0 Å². The topological polar surface area (TPSA) is 122 Å². The van der Waals surface area contributed by atoms with Crippen LogP contribution in [-0.4, -0.2) is 38.3 Å². The van der Waals surface area contributed by atoms with Crippen LogP contribution in [0.2, 0.25) is 0 Å². The first-order valence-electron chi connectivity index (χ1n) is 9.58. The maximum atomic E-state index is 5.70. The Hall–Kier alpha value is -2.04. The van der Waals surface area contributed by atoms with E-state index in [4.69, 9.17) is 20.8 Å². The number of rotatable bonds is 2. The molecule has 2 aromatic heterocycles. The molecule has 4 N–H and O–H groups in total. The van der Waals surface area contributed by atoms with Crippen LogP contribution in [0.15, 0.2) is 41.4 Å². The number of hydrogen-bond acceptors (Lipinski definition) is 8. The average molecular weight is 479 g/mol. The van der Waals surface area contributed by atoms with Crippen LogP contribution in [0.1, 0.15) is 60.1 Å². The van der Waals surface area contributed by atoms with Crippen molar-refractivity contribution >= 4 is 34.7 Å². The molecule has 30 heavy (non-hydrogen) atoms. The van der Waals surface area contributed by atoms with Crippen molar-refractivity contribution in [1.29, 1.82) is 0 Å². The summed E-state index contributed by atoms with van der Waals surface area (Å²) in [6.45, 7) is 18.0. The molecule has 10 heteroatoms. The van der Waals surface area contributed by atoms with Crippen molar-refractivity contribution < 1.29 is 9.31 Å². The monoisotopic (exact) mass is 478 g/mol. The van der Waals surface area contributed by atoms with Gasteiger partial charge in [-0.1, -0.05) is 19.3 Å². The molecule has 2 aromatic rings. The minimum Gasteiger partial charge on any atom is -0.400 e. The van der Waals surface area contributed by atoms with Gasteiger partial charge in [-0.2, -0.15) is 0 Å². The second-order valence-electron chi connectivity index (χ2n) is 8.15. The van der Waals surface area contributed by atoms with E-state index in [0.29, 0.717) is 22.2 Å². The molecule has 0 atom stereocenters. The zero-order valence-electron chi connectivity index (χ0n) is 18.8. The third kappa shape index (κ3) is 7.34. The van der Waals surface area contributed by atoms with Crippen molar-refractivity contribution in [3.05, 3.63) is 47.1 Å². The van der Waals surface area contributed by atoms with Crippen molar-refractivity contribution in [3.8, 4) is 0 Å². The van der Waals surface area contributed by atoms with Gasteiger partial charge < -0.3 is 20.8 Å². The van der Waals surface area contributed by atoms with Gasteiger partial charge in [-0.15, -0.1) is 6.58 Å². The summed E-state index contributed by atoms with van der Waals surface area (Å²) in [5, 5.41) is 0. The Balaban J connectivity index is 0.000000230. The first-order chi connectivity index (χ1) is 13.8. The second kappa shape index (κ2) is 10.8. The summed E-state index contributed by atoms with van der Waals surface area (Å²) in [7, 11) is -0.241. The highest BCUT2D eigenvalue weighted by Gasteiger charge is 2.51. The lowest BCUT2D eigenvalue weighted by atomic mass is 9.81. The fourth-order valence-electron chi connectivity index (χ4n) is 2.18. The molecule has 0 bridgehead atoms. The zero-order chi connectivity index (χ0) is 23.1. The molecule has 3 rings (SSSR count). The smallest absolute Gasteiger partial charge is 0.400 e. The van der Waals surface area contributed by atoms with E-state index in [-0.39, 0.29) is 18.3 Å². The average Bonchev–Trinajstić information content (AvgIpc) is 2.87. The Morgan fingerprint density at radius 1 is 0.933 bits per heavy atom. The van der Waals surface area contributed by atoms with Gasteiger partial charge in [0.2, 0.25) is 0 Å². The fraction of sp³-hybridized carbons (Fsp3) is 0.500. The fourth-order valence-corrected chi connectivity index (χ4v) is 2.40. The summed E-state index contributed by atoms with van der Waals surface area (Å²) in [4.78, 5) is 15.6. The Morgan fingerprint density at radius 2 is 1.37 bits per heavy atom. The predicted molar refractivity (Wildman–Crippen MR) is 126 cm³/mol. The number of aromatic nitrogens is 4. The van der Waals surface area contributed by atoms with Gasteiger partial charge in [0, 0.05) is 24.8 Å². The molecule has 3 heterocycles. The number of nitrogens with zero attached hydrogens (tertiary/aromatic N) is 4. The largest absolute Gasteiger partial charge is 0.489 e. The Labute approximate surface area is 188 Å². The first-order valence-corrected chi connectivity index (χ1v) is 10.4. The highest BCUT2D eigenvalue weighted by atomic mass is 79.9. The van der Waals surface area contributed by atoms with Gasteiger partial charge >= 0.3 is 7.12 Å². The van der Waals surface area contributed by atoms with E-state index in [9.17, 15) is 0 Å². The van der Waals surface area contributed by atoms with Crippen molar-refractivity contribution in [3.63, 3.8) is 0 Å². The molecule has 0 radical (unpaired) electrons. The van der Waals surface area contributed by atoms with E-state index in [1.165, 1.54) is 0 Å². The number of anilines is 2. The molecule has 0 unspecified atom stereocenters. The van der Waals surface area contributed by atoms with Gasteiger partial charge in [-0.3, -0.25) is 4.98 Å². The molecule has 1 fully saturated rings. The molecular formula is C20H32BBrN6O2. The van der Waals surface area contributed by atoms with Crippen LogP contribution in [0.25, 0.3) is 0 Å². The molecule has 0 aliphatic carbocycles. The van der Waals surface area contributed by atoms with Crippen molar-refractivity contribution in [2.45, 2.75) is 65.6 Å². The van der Waals surface area contributed by atoms with Crippen LogP contribution in [-0.2, 0) is 9.31 Å². The molecule has 0 spiro atoms. The van der Waals surface area contributed by atoms with E-state index in [2.05, 4.69) is 42.4 Å². The van der Waals surface area contributed by atoms with E-state index < -0.39 is 0 Å². The number of nitrogen functional groups attached to an aromatic ring is 2. The minimum atomic E-state index is -0.241. The van der Waals surface area contributed by atoms with E-state index in [1.54, 1.807) is 24.8 Å². The van der Waals surface area contributed by atoms with Crippen LogP contribution in [0.3, 0.4) is 0 Å². The van der Waals surface area contributed by atoms with Crippen molar-refractivity contribution in [2.24, 2.45) is 0 Å². The molecule has 8 nitrogen and oxygen atoms in total. The highest BCUT2D eigenvalue weighted by molar-refractivity contribution is 9.10. The van der Waals surface area contributed by atoms with Gasteiger partial charge in [-0.05, 0) is 56.5 Å². The maximum absolute atomic E-state index is 5.70. The molecular weight excluding hydrogens is 447 g/mol. The molecule has 1 aliphatic rings. The standard InChI is InChI=1S/C9H17BO2.C7H11N3.C4H4BrN3/c1-7(2)10-11-8(3,4)9(5,6)12-10;1-5(2)6-7(8)10-4-3-9-6;5-3-4(6)8-2-1-7-3/h1H2,2-6H3;3-5H,1-2H3,(H2,8,10);1-2H,(H2,6,8). The van der Waals surface area contributed by atoms with Gasteiger partial charge in [0.1, 0.15) is 10.4 Å². The first kappa shape index (κ1) is 26.0. The van der Waals surface area contributed by atoms with Crippen LogP contribution >= 0.6 is 15.9 Å². The van der Waals surface area contributed by atoms with Gasteiger partial charge in [0.05, 0.1) is 16.9 Å². The van der Waals surface area contributed by atoms with E-state index in [0.717, 1.165) is 11.2 Å². The lowest BCUT2D eigenvalue weighted by molar-refractivity contribution is 0.00578. The lowest BCUT2D eigenvalue weighted by Crippen LogP contribution is -2.41. The van der Waals surface area contributed by atoms with E-state index in [1.807, 2.05) is 48.5 Å². The zero-order valence-corrected chi connectivity index (χ0v) is 20.4. The maximum Gasteiger partial charge on any atom is 0.489 e. The minimum absolute atomic E-state index is 0.239. The molecule has 0 saturated carbocycles. The lowest BCUT2D eigenvalue weighted by Gasteiger charge is -2.32. The molecule has 0 aromatic carbocycles. The number of nitrogens with two attached hydrogens (primary N) is 2. The SMILES string of the molecule is C=C(C)B1OC(C)(C)C(C)(C)O1.CC(C)c1nccnc1N.Nc1nccnc1Br. The molecule has 1 aliphatic heterocycles. The second-order valence-corrected chi connectivity index (χ2v) is 8.90. The van der Waals surface area contributed by atoms with Crippen molar-refractivity contribution in [1.82, 2.24) is 19.9 Å². The van der Waals surface area contributed by atoms with Crippen molar-refractivity contribution in [2.75, 3.05) is 11.5 Å². The summed E-state index contributed by atoms with van der Waals surface area (Å²) in [5.74, 6) is 1.32. The third-order valence-electron chi connectivity index (χ3n) is 4.64. The summed E-state index contributed by atoms with van der Waals surface area (Å²) in [6, 6.07) is 0. The number of allylic oxidation sites excluding steroid dienone is 1. The van der Waals surface area contributed by atoms with Crippen LogP contribution in [0.5, 0.6) is 0 Å². The molecule has 0 amide bonds. The highest BCUT2D eigenvalue weighted by Crippen LogP contribution is 2.38. The summed E-state index contributed by atoms with van der Waals surface area (Å²) < 4.78 is 12.0. The Bertz CT molecular complexity index is 811. The quantitative estimate of drug-likeness (QED) is 0.615. The Kier molecular flexibility index (Phi) is 9.39. The summed E-state index contributed by atoms with van der Waals surface area (Å²) in [5.41, 5.74) is 12.2. The Morgan fingerprint density at radius 3 is 1.63 bits per heavy atom. The van der Waals surface area contributed by atoms with Crippen LogP contribution in [0, 0.1) is 0 Å².